The van der Waals surface area contributed by atoms with Crippen LogP contribution in [0.25, 0.3) is 0 Å². The molecule has 0 radical (unpaired) electrons. The van der Waals surface area contributed by atoms with Crippen LogP contribution >= 0.6 is 11.8 Å². The highest BCUT2D eigenvalue weighted by Crippen LogP contribution is 2.26. The lowest BCUT2D eigenvalue weighted by atomic mass is 9.96. The predicted octanol–water partition coefficient (Wildman–Crippen LogP) is 5.62. The van der Waals surface area contributed by atoms with Gasteiger partial charge in [0, 0.05) is 29.8 Å². The summed E-state index contributed by atoms with van der Waals surface area (Å²) < 4.78 is 0. The van der Waals surface area contributed by atoms with Crippen LogP contribution in [0.2, 0.25) is 0 Å². The van der Waals surface area contributed by atoms with Crippen LogP contribution in [-0.2, 0) is 13.1 Å². The standard InChI is InChI=1S/C28H35NO2S/c1-22(2)18-27(30)28(31)26(21-32-25-16-10-5-11-17-25)29(19-23-12-6-3-7-13-23)20-24-14-8-4-9-15-24/h3-17,22,26-28,30-31H,18-21H2,1-2H3/t26-,27?,28?/m0/s1. The zero-order valence-electron chi connectivity index (χ0n) is 19.0. The van der Waals surface area contributed by atoms with Gasteiger partial charge >= 0.3 is 0 Å². The summed E-state index contributed by atoms with van der Waals surface area (Å²) >= 11 is 1.73. The molecule has 3 aromatic rings. The summed E-state index contributed by atoms with van der Waals surface area (Å²) in [7, 11) is 0. The summed E-state index contributed by atoms with van der Waals surface area (Å²) in [6.07, 6.45) is -1.01. The van der Waals surface area contributed by atoms with Crippen LogP contribution in [0, 0.1) is 5.92 Å². The van der Waals surface area contributed by atoms with E-state index >= 15 is 0 Å². The Balaban J connectivity index is 1.88. The molecule has 0 spiro atoms. The van der Waals surface area contributed by atoms with E-state index in [-0.39, 0.29) is 6.04 Å². The minimum absolute atomic E-state index is 0.200. The SMILES string of the molecule is CC(C)CC(O)C(O)[C@H](CSc1ccccc1)N(Cc1ccccc1)Cc1ccccc1. The largest absolute Gasteiger partial charge is 0.390 e. The van der Waals surface area contributed by atoms with Gasteiger partial charge in [0.05, 0.1) is 12.2 Å². The van der Waals surface area contributed by atoms with Crippen molar-refractivity contribution < 1.29 is 10.2 Å². The average molecular weight is 450 g/mol. The fourth-order valence-electron chi connectivity index (χ4n) is 3.92. The number of rotatable bonds is 12. The van der Waals surface area contributed by atoms with Crippen molar-refractivity contribution in [1.29, 1.82) is 0 Å². The van der Waals surface area contributed by atoms with Gasteiger partial charge in [0.15, 0.2) is 0 Å². The minimum atomic E-state index is -0.832. The van der Waals surface area contributed by atoms with Gasteiger partial charge in [0.2, 0.25) is 0 Å². The monoisotopic (exact) mass is 449 g/mol. The molecule has 0 aliphatic rings. The summed E-state index contributed by atoms with van der Waals surface area (Å²) in [4.78, 5) is 3.48. The van der Waals surface area contributed by atoms with Crippen molar-refractivity contribution in [3.63, 3.8) is 0 Å². The van der Waals surface area contributed by atoms with Gasteiger partial charge in [-0.3, -0.25) is 4.90 Å². The molecule has 0 amide bonds. The lowest BCUT2D eigenvalue weighted by Crippen LogP contribution is -2.50. The average Bonchev–Trinajstić information content (AvgIpc) is 2.80. The Morgan fingerprint density at radius 3 is 1.66 bits per heavy atom. The number of nitrogens with zero attached hydrogens (tertiary/aromatic N) is 1. The first-order chi connectivity index (χ1) is 15.5. The van der Waals surface area contributed by atoms with E-state index < -0.39 is 12.2 Å². The first-order valence-corrected chi connectivity index (χ1v) is 12.4. The third-order valence-corrected chi connectivity index (χ3v) is 6.70. The molecule has 2 N–H and O–H groups in total. The Bertz CT molecular complexity index is 848. The summed E-state index contributed by atoms with van der Waals surface area (Å²) in [5.74, 6) is 1.01. The van der Waals surface area contributed by atoms with Gasteiger partial charge in [-0.2, -0.15) is 0 Å². The number of benzene rings is 3. The van der Waals surface area contributed by atoms with E-state index in [9.17, 15) is 10.2 Å². The Kier molecular flexibility index (Phi) is 9.82. The summed E-state index contributed by atoms with van der Waals surface area (Å²) in [5.41, 5.74) is 2.40. The maximum absolute atomic E-state index is 11.3. The third-order valence-electron chi connectivity index (χ3n) is 5.59. The fraction of sp³-hybridized carbons (Fsp3) is 0.357. The molecule has 0 bridgehead atoms. The van der Waals surface area contributed by atoms with Crippen LogP contribution < -0.4 is 0 Å². The van der Waals surface area contributed by atoms with Gasteiger partial charge < -0.3 is 10.2 Å². The highest BCUT2D eigenvalue weighted by Gasteiger charge is 2.32. The van der Waals surface area contributed by atoms with Crippen molar-refractivity contribution in [2.75, 3.05) is 5.75 Å². The maximum atomic E-state index is 11.3. The van der Waals surface area contributed by atoms with Crippen LogP contribution in [-0.4, -0.2) is 39.1 Å². The normalized spacial score (nSPS) is 14.4. The second-order valence-corrected chi connectivity index (χ2v) is 9.85. The van der Waals surface area contributed by atoms with E-state index in [4.69, 9.17) is 0 Å². The minimum Gasteiger partial charge on any atom is -0.390 e. The van der Waals surface area contributed by atoms with Crippen LogP contribution in [0.5, 0.6) is 0 Å². The molecular formula is C28H35NO2S. The van der Waals surface area contributed by atoms with Gasteiger partial charge in [0.1, 0.15) is 0 Å². The number of hydrogen-bond donors (Lipinski definition) is 2. The molecule has 2 unspecified atom stereocenters. The first-order valence-electron chi connectivity index (χ1n) is 11.4. The highest BCUT2D eigenvalue weighted by atomic mass is 32.2. The van der Waals surface area contributed by atoms with Gasteiger partial charge in [-0.05, 0) is 35.6 Å². The lowest BCUT2D eigenvalue weighted by molar-refractivity contribution is -0.0436. The highest BCUT2D eigenvalue weighted by molar-refractivity contribution is 7.99. The Morgan fingerprint density at radius 1 is 0.719 bits per heavy atom. The molecule has 3 atom stereocenters. The molecule has 4 heteroatoms. The van der Waals surface area contributed by atoms with Crippen molar-refractivity contribution in [3.05, 3.63) is 102 Å². The van der Waals surface area contributed by atoms with Gasteiger partial charge in [-0.25, -0.2) is 0 Å². The van der Waals surface area contributed by atoms with Crippen LogP contribution in [0.15, 0.2) is 95.9 Å². The number of hydrogen-bond acceptors (Lipinski definition) is 4. The Labute approximate surface area is 197 Å². The molecule has 32 heavy (non-hydrogen) atoms. The molecule has 0 saturated carbocycles. The molecule has 3 aromatic carbocycles. The quantitative estimate of drug-likeness (QED) is 0.352. The van der Waals surface area contributed by atoms with E-state index in [1.54, 1.807) is 11.8 Å². The molecule has 0 aliphatic carbocycles. The van der Waals surface area contributed by atoms with Crippen molar-refractivity contribution in [3.8, 4) is 0 Å². The van der Waals surface area contributed by atoms with Gasteiger partial charge in [0.25, 0.3) is 0 Å². The van der Waals surface area contributed by atoms with Gasteiger partial charge in [-0.15, -0.1) is 11.8 Å². The van der Waals surface area contributed by atoms with Crippen molar-refractivity contribution >= 4 is 11.8 Å². The van der Waals surface area contributed by atoms with Gasteiger partial charge in [-0.1, -0.05) is 92.7 Å². The Morgan fingerprint density at radius 2 is 1.19 bits per heavy atom. The molecule has 0 heterocycles. The summed E-state index contributed by atoms with van der Waals surface area (Å²) in [6, 6.07) is 30.8. The molecule has 0 fully saturated rings. The van der Waals surface area contributed by atoms with Crippen LogP contribution in [0.4, 0.5) is 0 Å². The van der Waals surface area contributed by atoms with E-state index in [0.29, 0.717) is 31.2 Å². The van der Waals surface area contributed by atoms with Crippen LogP contribution in [0.3, 0.4) is 0 Å². The maximum Gasteiger partial charge on any atom is 0.0962 e. The Hall–Kier alpha value is -2.11. The van der Waals surface area contributed by atoms with E-state index in [1.807, 2.05) is 54.6 Å². The molecule has 3 nitrogen and oxygen atoms in total. The topological polar surface area (TPSA) is 43.7 Å². The fourth-order valence-corrected chi connectivity index (χ4v) is 5.04. The molecule has 0 saturated heterocycles. The van der Waals surface area contributed by atoms with E-state index in [0.717, 1.165) is 0 Å². The third kappa shape index (κ3) is 7.79. The smallest absolute Gasteiger partial charge is 0.0962 e. The van der Waals surface area contributed by atoms with E-state index in [2.05, 4.69) is 55.1 Å². The lowest BCUT2D eigenvalue weighted by Gasteiger charge is -2.37. The summed E-state index contributed by atoms with van der Waals surface area (Å²) in [6.45, 7) is 5.58. The van der Waals surface area contributed by atoms with Crippen molar-refractivity contribution in [2.24, 2.45) is 5.92 Å². The zero-order chi connectivity index (χ0) is 22.8. The number of aliphatic hydroxyl groups is 2. The second-order valence-electron chi connectivity index (χ2n) is 8.76. The summed E-state index contributed by atoms with van der Waals surface area (Å²) in [5, 5.41) is 22.2. The zero-order valence-corrected chi connectivity index (χ0v) is 19.9. The second kappa shape index (κ2) is 12.8. The molecular weight excluding hydrogens is 414 g/mol. The first kappa shape index (κ1) is 24.5. The molecule has 3 rings (SSSR count). The van der Waals surface area contributed by atoms with Crippen LogP contribution in [0.1, 0.15) is 31.4 Å². The van der Waals surface area contributed by atoms with Crippen molar-refractivity contribution in [1.82, 2.24) is 4.90 Å². The molecule has 170 valence electrons. The molecule has 0 aliphatic heterocycles. The number of aliphatic hydroxyl groups excluding tert-OH is 2. The predicted molar refractivity (Wildman–Crippen MR) is 135 cm³/mol. The number of thioether (sulfide) groups is 1. The molecule has 0 aromatic heterocycles. The van der Waals surface area contributed by atoms with Crippen molar-refractivity contribution in [2.45, 2.75) is 56.5 Å². The van der Waals surface area contributed by atoms with E-state index in [1.165, 1.54) is 16.0 Å².